The molecule has 2 aromatic carbocycles. The molecule has 0 aliphatic carbocycles. The van der Waals surface area contributed by atoms with E-state index in [2.05, 4.69) is 0 Å². The molecule has 6 nitrogen and oxygen atoms in total. The summed E-state index contributed by atoms with van der Waals surface area (Å²) in [7, 11) is 0. The first-order valence-corrected chi connectivity index (χ1v) is 6.50. The zero-order chi connectivity index (χ0) is 15.7. The smallest absolute Gasteiger partial charge is 0.312 e. The number of fused-ring (bicyclic) bond motifs is 1. The lowest BCUT2D eigenvalue weighted by atomic mass is 10.1. The zero-order valence-corrected chi connectivity index (χ0v) is 11.6. The van der Waals surface area contributed by atoms with Gasteiger partial charge in [-0.2, -0.15) is 0 Å². The van der Waals surface area contributed by atoms with Crippen LogP contribution in [-0.4, -0.2) is 10.9 Å². The van der Waals surface area contributed by atoms with Gasteiger partial charge < -0.3 is 9.15 Å². The summed E-state index contributed by atoms with van der Waals surface area (Å²) in [6.07, 6.45) is 0. The minimum Gasteiger partial charge on any atom is -0.456 e. The molecule has 0 atom stereocenters. The minimum absolute atomic E-state index is 0.0858. The molecule has 0 aliphatic rings. The van der Waals surface area contributed by atoms with Crippen LogP contribution in [0.1, 0.15) is 6.92 Å². The highest BCUT2D eigenvalue weighted by Crippen LogP contribution is 2.34. The van der Waals surface area contributed by atoms with Gasteiger partial charge in [0, 0.05) is 23.9 Å². The van der Waals surface area contributed by atoms with E-state index in [4.69, 9.17) is 9.15 Å². The van der Waals surface area contributed by atoms with Crippen molar-refractivity contribution in [2.45, 2.75) is 6.92 Å². The highest BCUT2D eigenvalue weighted by Gasteiger charge is 2.19. The second-order valence-corrected chi connectivity index (χ2v) is 4.68. The number of hydrogen-bond donors (Lipinski definition) is 0. The molecule has 1 aromatic heterocycles. The van der Waals surface area contributed by atoms with E-state index in [1.54, 1.807) is 12.1 Å². The Balaban J connectivity index is 2.09. The SMILES string of the molecule is CC(=O)Oc1ccc(-c2cc3ccccc3o2)cc1[N+](=O)[O-]. The van der Waals surface area contributed by atoms with Gasteiger partial charge in [0.2, 0.25) is 5.75 Å². The summed E-state index contributed by atoms with van der Waals surface area (Å²) in [5.41, 5.74) is 0.955. The number of para-hydroxylation sites is 1. The van der Waals surface area contributed by atoms with Crippen LogP contribution in [0.2, 0.25) is 0 Å². The van der Waals surface area contributed by atoms with E-state index in [0.29, 0.717) is 16.9 Å². The van der Waals surface area contributed by atoms with Crippen molar-refractivity contribution in [1.29, 1.82) is 0 Å². The van der Waals surface area contributed by atoms with Gasteiger partial charge in [-0.25, -0.2) is 0 Å². The number of ether oxygens (including phenoxy) is 1. The van der Waals surface area contributed by atoms with Gasteiger partial charge in [0.1, 0.15) is 11.3 Å². The topological polar surface area (TPSA) is 82.6 Å². The van der Waals surface area contributed by atoms with Gasteiger partial charge in [-0.3, -0.25) is 14.9 Å². The van der Waals surface area contributed by atoms with Crippen LogP contribution in [0.15, 0.2) is 52.9 Å². The van der Waals surface area contributed by atoms with Crippen LogP contribution in [0.25, 0.3) is 22.3 Å². The van der Waals surface area contributed by atoms with E-state index in [1.807, 2.05) is 24.3 Å². The molecule has 0 unspecified atom stereocenters. The second-order valence-electron chi connectivity index (χ2n) is 4.68. The number of nitrogens with zero attached hydrogens (tertiary/aromatic N) is 1. The van der Waals surface area contributed by atoms with E-state index in [0.717, 1.165) is 5.39 Å². The number of rotatable bonds is 3. The molecule has 0 fully saturated rings. The summed E-state index contributed by atoms with van der Waals surface area (Å²) in [6, 6.07) is 13.6. The minimum atomic E-state index is -0.611. The Morgan fingerprint density at radius 2 is 1.95 bits per heavy atom. The number of benzene rings is 2. The summed E-state index contributed by atoms with van der Waals surface area (Å²) in [4.78, 5) is 21.5. The number of nitro benzene ring substituents is 1. The van der Waals surface area contributed by atoms with Gasteiger partial charge in [-0.05, 0) is 24.3 Å². The van der Waals surface area contributed by atoms with Crippen LogP contribution in [-0.2, 0) is 4.79 Å². The van der Waals surface area contributed by atoms with Crippen molar-refractivity contribution >= 4 is 22.6 Å². The molecule has 0 amide bonds. The number of carbonyl (C=O) groups excluding carboxylic acids is 1. The molecule has 110 valence electrons. The molecule has 6 heteroatoms. The third-order valence-corrected chi connectivity index (χ3v) is 3.12. The number of carbonyl (C=O) groups is 1. The third-order valence-electron chi connectivity index (χ3n) is 3.12. The first-order valence-electron chi connectivity index (χ1n) is 6.50. The van der Waals surface area contributed by atoms with E-state index in [9.17, 15) is 14.9 Å². The first-order chi connectivity index (χ1) is 10.5. The summed E-state index contributed by atoms with van der Waals surface area (Å²) in [6.45, 7) is 1.19. The lowest BCUT2D eigenvalue weighted by molar-refractivity contribution is -0.385. The predicted molar refractivity (Wildman–Crippen MR) is 79.6 cm³/mol. The van der Waals surface area contributed by atoms with Crippen LogP contribution in [0, 0.1) is 10.1 Å². The fourth-order valence-corrected chi connectivity index (χ4v) is 2.18. The normalized spacial score (nSPS) is 10.6. The van der Waals surface area contributed by atoms with Gasteiger partial charge in [-0.15, -0.1) is 0 Å². The molecule has 0 aliphatic heterocycles. The lowest BCUT2D eigenvalue weighted by Crippen LogP contribution is -2.04. The Kier molecular flexibility index (Phi) is 3.34. The molecule has 0 radical (unpaired) electrons. The Labute approximate surface area is 125 Å². The molecular formula is C16H11NO5. The van der Waals surface area contributed by atoms with E-state index in [-0.39, 0.29) is 11.4 Å². The average Bonchev–Trinajstić information content (AvgIpc) is 2.90. The van der Waals surface area contributed by atoms with Crippen LogP contribution in [0.5, 0.6) is 5.75 Å². The molecular weight excluding hydrogens is 286 g/mol. The molecule has 0 bridgehead atoms. The summed E-state index contributed by atoms with van der Waals surface area (Å²) in [5, 5.41) is 12.0. The molecule has 0 spiro atoms. The summed E-state index contributed by atoms with van der Waals surface area (Å²) >= 11 is 0. The van der Waals surface area contributed by atoms with Crippen molar-refractivity contribution in [2.75, 3.05) is 0 Å². The lowest BCUT2D eigenvalue weighted by Gasteiger charge is -2.04. The summed E-state index contributed by atoms with van der Waals surface area (Å²) in [5.74, 6) is -0.185. The first kappa shape index (κ1) is 13.8. The van der Waals surface area contributed by atoms with Gasteiger partial charge in [0.25, 0.3) is 0 Å². The van der Waals surface area contributed by atoms with Gasteiger partial charge in [0.05, 0.1) is 4.92 Å². The Bertz CT molecular complexity index is 848. The maximum atomic E-state index is 11.1. The average molecular weight is 297 g/mol. The van der Waals surface area contributed by atoms with E-state index in [1.165, 1.54) is 19.1 Å². The van der Waals surface area contributed by atoms with Gasteiger partial charge in [-0.1, -0.05) is 18.2 Å². The number of hydrogen-bond acceptors (Lipinski definition) is 5. The molecule has 1 heterocycles. The predicted octanol–water partition coefficient (Wildman–Crippen LogP) is 3.93. The van der Waals surface area contributed by atoms with Crippen molar-refractivity contribution in [3.8, 4) is 17.1 Å². The van der Waals surface area contributed by atoms with Crippen molar-refractivity contribution in [3.05, 3.63) is 58.6 Å². The van der Waals surface area contributed by atoms with Crippen LogP contribution in [0.3, 0.4) is 0 Å². The fraction of sp³-hybridized carbons (Fsp3) is 0.0625. The Morgan fingerprint density at radius 1 is 1.18 bits per heavy atom. The fourth-order valence-electron chi connectivity index (χ4n) is 2.18. The number of esters is 1. The molecule has 3 aromatic rings. The van der Waals surface area contributed by atoms with Crippen molar-refractivity contribution in [2.24, 2.45) is 0 Å². The van der Waals surface area contributed by atoms with Crippen molar-refractivity contribution in [3.63, 3.8) is 0 Å². The quantitative estimate of drug-likeness (QED) is 0.316. The standard InChI is InChI=1S/C16H11NO5/c1-10(18)21-15-7-6-12(8-13(15)17(19)20)16-9-11-4-2-3-5-14(11)22-16/h2-9H,1H3. The monoisotopic (exact) mass is 297 g/mol. The van der Waals surface area contributed by atoms with Crippen molar-refractivity contribution < 1.29 is 18.9 Å². The summed E-state index contributed by atoms with van der Waals surface area (Å²) < 4.78 is 10.5. The van der Waals surface area contributed by atoms with Crippen LogP contribution >= 0.6 is 0 Å². The number of furan rings is 1. The Hall–Kier alpha value is -3.15. The second kappa shape index (κ2) is 5.33. The molecule has 3 rings (SSSR count). The molecule has 0 saturated carbocycles. The zero-order valence-electron chi connectivity index (χ0n) is 11.6. The number of nitro groups is 1. The largest absolute Gasteiger partial charge is 0.456 e. The van der Waals surface area contributed by atoms with Crippen molar-refractivity contribution in [1.82, 2.24) is 0 Å². The van der Waals surface area contributed by atoms with E-state index < -0.39 is 10.9 Å². The molecule has 22 heavy (non-hydrogen) atoms. The van der Waals surface area contributed by atoms with Crippen LogP contribution < -0.4 is 4.74 Å². The highest BCUT2D eigenvalue weighted by atomic mass is 16.6. The maximum absolute atomic E-state index is 11.1. The molecule has 0 N–H and O–H groups in total. The van der Waals surface area contributed by atoms with Gasteiger partial charge >= 0.3 is 11.7 Å². The Morgan fingerprint density at radius 3 is 2.64 bits per heavy atom. The third kappa shape index (κ3) is 2.54. The van der Waals surface area contributed by atoms with E-state index >= 15 is 0 Å². The highest BCUT2D eigenvalue weighted by molar-refractivity contribution is 5.83. The molecule has 0 saturated heterocycles. The maximum Gasteiger partial charge on any atom is 0.312 e. The van der Waals surface area contributed by atoms with Crippen LogP contribution in [0.4, 0.5) is 5.69 Å². The van der Waals surface area contributed by atoms with Gasteiger partial charge in [0.15, 0.2) is 0 Å².